The summed E-state index contributed by atoms with van der Waals surface area (Å²) in [6, 6.07) is 3.93. The second-order valence-corrected chi connectivity index (χ2v) is 4.07. The first-order valence-corrected chi connectivity index (χ1v) is 5.22. The average Bonchev–Trinajstić information content (AvgIpc) is 2.76. The van der Waals surface area contributed by atoms with Crippen molar-refractivity contribution in [1.82, 2.24) is 9.80 Å². The summed E-state index contributed by atoms with van der Waals surface area (Å²) in [5.41, 5.74) is 0. The fourth-order valence-corrected chi connectivity index (χ4v) is 1.80. The van der Waals surface area contributed by atoms with Crippen molar-refractivity contribution >= 4 is 16.3 Å². The molecule has 1 aromatic heterocycles. The van der Waals surface area contributed by atoms with Crippen molar-refractivity contribution in [2.45, 2.75) is 6.29 Å². The Morgan fingerprint density at radius 2 is 2.00 bits per heavy atom. The van der Waals surface area contributed by atoms with Crippen molar-refractivity contribution in [2.75, 3.05) is 14.1 Å². The number of hydrogen-bond acceptors (Lipinski definition) is 5. The predicted molar refractivity (Wildman–Crippen MR) is 57.3 cm³/mol. The van der Waals surface area contributed by atoms with Crippen LogP contribution in [0.3, 0.4) is 0 Å². The van der Waals surface area contributed by atoms with Crippen molar-refractivity contribution in [3.8, 4) is 0 Å². The molecule has 0 saturated carbocycles. The van der Waals surface area contributed by atoms with E-state index in [1.54, 1.807) is 11.3 Å². The van der Waals surface area contributed by atoms with Gasteiger partial charge in [0.1, 0.15) is 5.00 Å². The van der Waals surface area contributed by atoms with E-state index in [1.807, 2.05) is 53.8 Å². The zero-order valence-electron chi connectivity index (χ0n) is 8.16. The van der Waals surface area contributed by atoms with E-state index in [0.717, 1.165) is 5.00 Å². The van der Waals surface area contributed by atoms with Crippen LogP contribution >= 0.6 is 11.3 Å². The lowest BCUT2D eigenvalue weighted by atomic mass is 10.6. The van der Waals surface area contributed by atoms with Gasteiger partial charge in [-0.3, -0.25) is 0 Å². The summed E-state index contributed by atoms with van der Waals surface area (Å²) in [5.74, 6) is 0. The largest absolute Gasteiger partial charge is 0.340 e. The van der Waals surface area contributed by atoms with E-state index in [2.05, 4.69) is 10.2 Å². The number of hydrogen-bond donors (Lipinski definition) is 0. The fraction of sp³-hybridized carbons (Fsp3) is 0.333. The molecule has 14 heavy (non-hydrogen) atoms. The lowest BCUT2D eigenvalue weighted by Gasteiger charge is -2.21. The highest BCUT2D eigenvalue weighted by Gasteiger charge is 2.18. The fourth-order valence-electron chi connectivity index (χ4n) is 1.25. The van der Waals surface area contributed by atoms with E-state index in [-0.39, 0.29) is 6.29 Å². The molecular formula is C9H12N4S. The molecule has 0 bridgehead atoms. The topological polar surface area (TPSA) is 31.2 Å². The third kappa shape index (κ3) is 1.77. The summed E-state index contributed by atoms with van der Waals surface area (Å²) in [5, 5.41) is 11.4. The first-order valence-electron chi connectivity index (χ1n) is 4.34. The van der Waals surface area contributed by atoms with Gasteiger partial charge >= 0.3 is 0 Å². The second kappa shape index (κ2) is 3.79. The maximum Gasteiger partial charge on any atom is 0.217 e. The Morgan fingerprint density at radius 1 is 1.29 bits per heavy atom. The monoisotopic (exact) mass is 208 g/mol. The highest BCUT2D eigenvalue weighted by Crippen LogP contribution is 2.21. The molecule has 2 heterocycles. The van der Waals surface area contributed by atoms with Gasteiger partial charge in [0.25, 0.3) is 0 Å². The van der Waals surface area contributed by atoms with E-state index in [4.69, 9.17) is 0 Å². The van der Waals surface area contributed by atoms with Crippen LogP contribution in [0.25, 0.3) is 0 Å². The van der Waals surface area contributed by atoms with E-state index in [1.165, 1.54) is 0 Å². The van der Waals surface area contributed by atoms with Crippen LogP contribution in [0.1, 0.15) is 0 Å². The highest BCUT2D eigenvalue weighted by molar-refractivity contribution is 7.13. The SMILES string of the molecule is CN1C=CN(C)C1/N=N/c1cccs1. The summed E-state index contributed by atoms with van der Waals surface area (Å²) < 4.78 is 0. The van der Waals surface area contributed by atoms with Gasteiger partial charge < -0.3 is 9.80 Å². The van der Waals surface area contributed by atoms with Gasteiger partial charge in [-0.1, -0.05) is 0 Å². The lowest BCUT2D eigenvalue weighted by Crippen LogP contribution is -2.31. The minimum Gasteiger partial charge on any atom is -0.340 e. The number of azo groups is 1. The highest BCUT2D eigenvalue weighted by atomic mass is 32.1. The van der Waals surface area contributed by atoms with Gasteiger partial charge in [-0.05, 0) is 17.5 Å². The summed E-state index contributed by atoms with van der Waals surface area (Å²) in [6.07, 6.45) is 3.97. The Balaban J connectivity index is 2.04. The Kier molecular flexibility index (Phi) is 2.49. The standard InChI is InChI=1S/C9H12N4S/c1-12-5-6-13(2)9(12)11-10-8-4-3-7-14-8/h3-7,9H,1-2H3/b11-10+. The molecule has 0 spiro atoms. The maximum absolute atomic E-state index is 4.25. The summed E-state index contributed by atoms with van der Waals surface area (Å²) in [7, 11) is 3.97. The Hall–Kier alpha value is -1.36. The van der Waals surface area contributed by atoms with Crippen molar-refractivity contribution in [1.29, 1.82) is 0 Å². The number of rotatable bonds is 2. The molecule has 1 aromatic rings. The van der Waals surface area contributed by atoms with Crippen molar-refractivity contribution < 1.29 is 0 Å². The van der Waals surface area contributed by atoms with Gasteiger partial charge in [0.05, 0.1) is 0 Å². The first kappa shape index (κ1) is 9.21. The van der Waals surface area contributed by atoms with Gasteiger partial charge in [-0.15, -0.1) is 21.6 Å². The van der Waals surface area contributed by atoms with Gasteiger partial charge in [0, 0.05) is 26.5 Å². The zero-order chi connectivity index (χ0) is 9.97. The maximum atomic E-state index is 4.25. The van der Waals surface area contributed by atoms with Gasteiger partial charge in [-0.25, -0.2) is 0 Å². The van der Waals surface area contributed by atoms with Crippen molar-refractivity contribution in [3.05, 3.63) is 29.9 Å². The molecule has 0 N–H and O–H groups in total. The van der Waals surface area contributed by atoms with Gasteiger partial charge in [-0.2, -0.15) is 0 Å². The van der Waals surface area contributed by atoms with Crippen LogP contribution in [0.2, 0.25) is 0 Å². The molecule has 1 aliphatic heterocycles. The van der Waals surface area contributed by atoms with Gasteiger partial charge in [0.15, 0.2) is 0 Å². The van der Waals surface area contributed by atoms with E-state index < -0.39 is 0 Å². The molecule has 0 aliphatic carbocycles. The third-order valence-electron chi connectivity index (χ3n) is 2.03. The molecule has 0 fully saturated rings. The van der Waals surface area contributed by atoms with Crippen LogP contribution in [0, 0.1) is 0 Å². The quantitative estimate of drug-likeness (QED) is 0.699. The second-order valence-electron chi connectivity index (χ2n) is 3.14. The Labute approximate surface area is 87.2 Å². The van der Waals surface area contributed by atoms with Crippen LogP contribution < -0.4 is 0 Å². The van der Waals surface area contributed by atoms with E-state index in [0.29, 0.717) is 0 Å². The molecular weight excluding hydrogens is 196 g/mol. The first-order chi connectivity index (χ1) is 6.77. The Morgan fingerprint density at radius 3 is 2.57 bits per heavy atom. The lowest BCUT2D eigenvalue weighted by molar-refractivity contribution is 0.207. The van der Waals surface area contributed by atoms with Crippen LogP contribution in [-0.4, -0.2) is 30.2 Å². The van der Waals surface area contributed by atoms with Crippen LogP contribution in [0.15, 0.2) is 40.1 Å². The minimum absolute atomic E-state index is 0.00269. The molecule has 1 aliphatic rings. The normalized spacial score (nSPS) is 17.6. The molecule has 0 aromatic carbocycles. The number of thiophene rings is 1. The minimum atomic E-state index is -0.00269. The summed E-state index contributed by atoms with van der Waals surface area (Å²) in [4.78, 5) is 4.02. The smallest absolute Gasteiger partial charge is 0.217 e. The van der Waals surface area contributed by atoms with Crippen LogP contribution in [-0.2, 0) is 0 Å². The molecule has 5 heteroatoms. The molecule has 0 saturated heterocycles. The molecule has 0 radical (unpaired) electrons. The molecule has 0 atom stereocenters. The average molecular weight is 208 g/mol. The van der Waals surface area contributed by atoms with Crippen LogP contribution in [0.4, 0.5) is 5.00 Å². The Bertz CT molecular complexity index is 332. The predicted octanol–water partition coefficient (Wildman–Crippen LogP) is 2.46. The summed E-state index contributed by atoms with van der Waals surface area (Å²) in [6.45, 7) is 0. The van der Waals surface area contributed by atoms with Crippen molar-refractivity contribution in [3.63, 3.8) is 0 Å². The zero-order valence-corrected chi connectivity index (χ0v) is 8.98. The molecule has 2 rings (SSSR count). The molecule has 0 amide bonds. The number of nitrogens with zero attached hydrogens (tertiary/aromatic N) is 4. The third-order valence-corrected chi connectivity index (χ3v) is 2.78. The molecule has 4 nitrogen and oxygen atoms in total. The molecule has 74 valence electrons. The molecule has 0 unspecified atom stereocenters. The van der Waals surface area contributed by atoms with Gasteiger partial charge in [0.2, 0.25) is 6.29 Å². The summed E-state index contributed by atoms with van der Waals surface area (Å²) >= 11 is 1.59. The van der Waals surface area contributed by atoms with Crippen molar-refractivity contribution in [2.24, 2.45) is 10.2 Å². The van der Waals surface area contributed by atoms with E-state index >= 15 is 0 Å². The van der Waals surface area contributed by atoms with E-state index in [9.17, 15) is 0 Å². The van der Waals surface area contributed by atoms with Crippen LogP contribution in [0.5, 0.6) is 0 Å².